The van der Waals surface area contributed by atoms with E-state index < -0.39 is 0 Å². The maximum atomic E-state index is 12.8. The average molecular weight is 334 g/mol. The molecule has 1 aliphatic heterocycles. The summed E-state index contributed by atoms with van der Waals surface area (Å²) in [6, 6.07) is 17.2. The second-order valence-corrected chi connectivity index (χ2v) is 5.94. The molecular formula is C21H22N2O2. The minimum absolute atomic E-state index is 0.118. The Bertz CT molecular complexity index is 810. The molecule has 0 atom stereocenters. The van der Waals surface area contributed by atoms with Crippen molar-refractivity contribution in [2.24, 2.45) is 5.10 Å². The molecule has 1 amide bonds. The van der Waals surface area contributed by atoms with Gasteiger partial charge >= 0.3 is 0 Å². The highest BCUT2D eigenvalue weighted by Crippen LogP contribution is 2.27. The number of para-hydroxylation sites is 2. The van der Waals surface area contributed by atoms with Crippen LogP contribution in [-0.2, 0) is 4.79 Å². The Labute approximate surface area is 148 Å². The monoisotopic (exact) mass is 334 g/mol. The molecule has 0 unspecified atom stereocenters. The zero-order valence-corrected chi connectivity index (χ0v) is 14.6. The number of rotatable bonds is 6. The molecule has 2 aromatic rings. The van der Waals surface area contributed by atoms with Crippen LogP contribution >= 0.6 is 0 Å². The number of nitrogens with zero attached hydrogens (tertiary/aromatic N) is 2. The standard InChI is InChI=1S/C21H22N2O2/c1-3-4-14-25-20-13-9-8-10-17(20)15-19-16(2)22-23(21(19)24)18-11-6-5-7-12-18/h5-13,15H,3-4,14H2,1-2H3. The SMILES string of the molecule is CCCCOc1ccccc1C=C1C(=O)N(c2ccccc2)N=C1C. The summed E-state index contributed by atoms with van der Waals surface area (Å²) >= 11 is 0. The Hall–Kier alpha value is -2.88. The van der Waals surface area contributed by atoms with Crippen LogP contribution in [0, 0.1) is 0 Å². The first-order valence-electron chi connectivity index (χ1n) is 8.59. The van der Waals surface area contributed by atoms with E-state index in [1.54, 1.807) is 0 Å². The van der Waals surface area contributed by atoms with Gasteiger partial charge in [0, 0.05) is 5.56 Å². The highest BCUT2D eigenvalue weighted by Gasteiger charge is 2.28. The van der Waals surface area contributed by atoms with E-state index >= 15 is 0 Å². The van der Waals surface area contributed by atoms with Crippen molar-refractivity contribution in [3.63, 3.8) is 0 Å². The molecule has 128 valence electrons. The molecule has 0 aromatic heterocycles. The van der Waals surface area contributed by atoms with Crippen LogP contribution in [0.2, 0.25) is 0 Å². The maximum Gasteiger partial charge on any atom is 0.280 e. The third-order valence-electron chi connectivity index (χ3n) is 4.04. The molecule has 1 aliphatic rings. The van der Waals surface area contributed by atoms with Crippen LogP contribution in [0.15, 0.2) is 65.3 Å². The van der Waals surface area contributed by atoms with Gasteiger partial charge in [-0.1, -0.05) is 49.7 Å². The minimum atomic E-state index is -0.118. The van der Waals surface area contributed by atoms with E-state index in [4.69, 9.17) is 4.74 Å². The molecule has 0 N–H and O–H groups in total. The van der Waals surface area contributed by atoms with Crippen molar-refractivity contribution in [2.45, 2.75) is 26.7 Å². The van der Waals surface area contributed by atoms with Gasteiger partial charge in [0.1, 0.15) is 5.75 Å². The topological polar surface area (TPSA) is 41.9 Å². The van der Waals surface area contributed by atoms with Gasteiger partial charge in [-0.05, 0) is 37.6 Å². The lowest BCUT2D eigenvalue weighted by Gasteiger charge is -2.11. The van der Waals surface area contributed by atoms with Gasteiger partial charge in [-0.15, -0.1) is 0 Å². The fourth-order valence-electron chi connectivity index (χ4n) is 2.64. The van der Waals surface area contributed by atoms with E-state index in [0.717, 1.165) is 29.8 Å². The Balaban J connectivity index is 1.87. The second-order valence-electron chi connectivity index (χ2n) is 5.94. The van der Waals surface area contributed by atoms with Gasteiger partial charge in [-0.25, -0.2) is 0 Å². The number of ether oxygens (including phenoxy) is 1. The molecule has 0 spiro atoms. The van der Waals surface area contributed by atoms with Crippen LogP contribution in [0.25, 0.3) is 6.08 Å². The van der Waals surface area contributed by atoms with Crippen molar-refractivity contribution in [3.05, 3.63) is 65.7 Å². The summed E-state index contributed by atoms with van der Waals surface area (Å²) in [4.78, 5) is 12.8. The highest BCUT2D eigenvalue weighted by molar-refractivity contribution is 6.32. The van der Waals surface area contributed by atoms with E-state index in [1.807, 2.05) is 67.6 Å². The second kappa shape index (κ2) is 7.79. The van der Waals surface area contributed by atoms with Gasteiger partial charge in [0.2, 0.25) is 0 Å². The minimum Gasteiger partial charge on any atom is -0.493 e. The van der Waals surface area contributed by atoms with Crippen LogP contribution in [0.5, 0.6) is 5.75 Å². The first kappa shape index (κ1) is 17.0. The number of carbonyl (C=O) groups is 1. The molecule has 0 fully saturated rings. The summed E-state index contributed by atoms with van der Waals surface area (Å²) in [5, 5.41) is 5.86. The van der Waals surface area contributed by atoms with E-state index in [-0.39, 0.29) is 5.91 Å². The van der Waals surface area contributed by atoms with E-state index in [0.29, 0.717) is 17.9 Å². The number of hydrogen-bond donors (Lipinski definition) is 0. The smallest absolute Gasteiger partial charge is 0.280 e. The van der Waals surface area contributed by atoms with Crippen molar-refractivity contribution < 1.29 is 9.53 Å². The van der Waals surface area contributed by atoms with Crippen LogP contribution in [-0.4, -0.2) is 18.2 Å². The molecule has 0 radical (unpaired) electrons. The van der Waals surface area contributed by atoms with E-state index in [1.165, 1.54) is 5.01 Å². The Morgan fingerprint density at radius 2 is 1.80 bits per heavy atom. The number of amides is 1. The Kier molecular flexibility index (Phi) is 5.29. The van der Waals surface area contributed by atoms with Gasteiger partial charge in [0.05, 0.1) is 23.6 Å². The summed E-state index contributed by atoms with van der Waals surface area (Å²) < 4.78 is 5.86. The molecule has 0 saturated carbocycles. The molecule has 4 heteroatoms. The lowest BCUT2D eigenvalue weighted by molar-refractivity contribution is -0.114. The fourth-order valence-corrected chi connectivity index (χ4v) is 2.64. The normalized spacial score (nSPS) is 15.6. The number of hydrazone groups is 1. The van der Waals surface area contributed by atoms with Gasteiger partial charge in [-0.2, -0.15) is 10.1 Å². The summed E-state index contributed by atoms with van der Waals surface area (Å²) in [7, 11) is 0. The van der Waals surface area contributed by atoms with Crippen molar-refractivity contribution in [1.29, 1.82) is 0 Å². The Morgan fingerprint density at radius 3 is 2.56 bits per heavy atom. The average Bonchev–Trinajstić information content (AvgIpc) is 2.92. The first-order chi connectivity index (χ1) is 12.2. The Morgan fingerprint density at radius 1 is 1.08 bits per heavy atom. The number of benzene rings is 2. The number of carbonyl (C=O) groups excluding carboxylic acids is 1. The van der Waals surface area contributed by atoms with Crippen LogP contribution in [0.1, 0.15) is 32.3 Å². The van der Waals surface area contributed by atoms with Crippen molar-refractivity contribution in [2.75, 3.05) is 11.6 Å². The number of hydrogen-bond acceptors (Lipinski definition) is 3. The summed E-state index contributed by atoms with van der Waals surface area (Å²) in [5.74, 6) is 0.675. The quantitative estimate of drug-likeness (QED) is 0.569. The molecule has 0 aliphatic carbocycles. The van der Waals surface area contributed by atoms with E-state index in [2.05, 4.69) is 12.0 Å². The zero-order valence-electron chi connectivity index (χ0n) is 14.6. The van der Waals surface area contributed by atoms with Crippen molar-refractivity contribution >= 4 is 23.4 Å². The molecule has 0 bridgehead atoms. The number of unbranched alkanes of at least 4 members (excludes halogenated alkanes) is 1. The first-order valence-corrected chi connectivity index (χ1v) is 8.59. The molecule has 1 heterocycles. The summed E-state index contributed by atoms with van der Waals surface area (Å²) in [6.45, 7) is 4.66. The lowest BCUT2D eigenvalue weighted by atomic mass is 10.1. The molecule has 0 saturated heterocycles. The lowest BCUT2D eigenvalue weighted by Crippen LogP contribution is -2.21. The maximum absolute atomic E-state index is 12.8. The largest absolute Gasteiger partial charge is 0.493 e. The molecule has 3 rings (SSSR count). The predicted octanol–water partition coefficient (Wildman–Crippen LogP) is 4.67. The third kappa shape index (κ3) is 3.79. The van der Waals surface area contributed by atoms with Crippen molar-refractivity contribution in [1.82, 2.24) is 0 Å². The van der Waals surface area contributed by atoms with Crippen LogP contribution < -0.4 is 9.75 Å². The molecular weight excluding hydrogens is 312 g/mol. The third-order valence-corrected chi connectivity index (χ3v) is 4.04. The van der Waals surface area contributed by atoms with Crippen molar-refractivity contribution in [3.8, 4) is 5.75 Å². The van der Waals surface area contributed by atoms with E-state index in [9.17, 15) is 4.79 Å². The fraction of sp³-hybridized carbons (Fsp3) is 0.238. The van der Waals surface area contributed by atoms with Gasteiger partial charge < -0.3 is 4.74 Å². The van der Waals surface area contributed by atoms with Gasteiger partial charge in [0.15, 0.2) is 0 Å². The molecule has 4 nitrogen and oxygen atoms in total. The van der Waals surface area contributed by atoms with Crippen LogP contribution in [0.3, 0.4) is 0 Å². The van der Waals surface area contributed by atoms with Crippen LogP contribution in [0.4, 0.5) is 5.69 Å². The summed E-state index contributed by atoms with van der Waals surface area (Å²) in [6.07, 6.45) is 3.96. The predicted molar refractivity (Wildman–Crippen MR) is 102 cm³/mol. The molecule has 25 heavy (non-hydrogen) atoms. The molecule has 2 aromatic carbocycles. The number of anilines is 1. The van der Waals surface area contributed by atoms with Gasteiger partial charge in [0.25, 0.3) is 5.91 Å². The zero-order chi connectivity index (χ0) is 17.6. The highest BCUT2D eigenvalue weighted by atomic mass is 16.5. The summed E-state index contributed by atoms with van der Waals surface area (Å²) in [5.41, 5.74) is 2.96. The van der Waals surface area contributed by atoms with Gasteiger partial charge in [-0.3, -0.25) is 4.79 Å².